The lowest BCUT2D eigenvalue weighted by atomic mass is 10.1. The highest BCUT2D eigenvalue weighted by Crippen LogP contribution is 2.31. The summed E-state index contributed by atoms with van der Waals surface area (Å²) in [7, 11) is 1.29. The van der Waals surface area contributed by atoms with Crippen molar-refractivity contribution in [3.05, 3.63) is 59.7 Å². The van der Waals surface area contributed by atoms with Gasteiger partial charge in [0.2, 0.25) is 0 Å². The number of amides is 3. The molecule has 2 saturated heterocycles. The molecular weight excluding hydrogens is 472 g/mol. The molecule has 2 fully saturated rings. The Hall–Kier alpha value is -3.91. The number of nitrogens with zero attached hydrogens (tertiary/aromatic N) is 3. The maximum atomic E-state index is 13.5. The molecule has 11 heteroatoms. The standard InChI is InChI=1S/C25H27F2N5O4/c1-35-25(34)30-18(15-36-21-7-2-16(11-28)3-8-21)12-32-19-5-6-20(32)14-31(13-19)24(33)29-17-4-9-22(26)23(27)10-17/h2-4,7-10,18-20H,5-6,12-15H2,1H3,(H,29,33)(H,30,34)/t18-,19?,20?/m0/s1. The third kappa shape index (κ3) is 6.01. The van der Waals surface area contributed by atoms with Gasteiger partial charge in [0.1, 0.15) is 12.4 Å². The van der Waals surface area contributed by atoms with Crippen LogP contribution in [0.2, 0.25) is 0 Å². The number of piperazine rings is 1. The van der Waals surface area contributed by atoms with Crippen LogP contribution in [0.15, 0.2) is 42.5 Å². The van der Waals surface area contributed by atoms with E-state index in [0.717, 1.165) is 25.0 Å². The number of carbonyl (C=O) groups excluding carboxylic acids is 2. The largest absolute Gasteiger partial charge is 0.491 e. The minimum absolute atomic E-state index is 0.0799. The lowest BCUT2D eigenvalue weighted by molar-refractivity contribution is 0.0702. The molecule has 2 N–H and O–H groups in total. The average molecular weight is 500 g/mol. The van der Waals surface area contributed by atoms with E-state index in [1.165, 1.54) is 13.2 Å². The van der Waals surface area contributed by atoms with Crippen molar-refractivity contribution in [2.45, 2.75) is 31.0 Å². The minimum atomic E-state index is -1.02. The molecule has 0 aliphatic carbocycles. The number of alkyl carbamates (subject to hydrolysis) is 1. The number of halogens is 2. The Balaban J connectivity index is 1.36. The molecule has 190 valence electrons. The number of hydrogen-bond acceptors (Lipinski definition) is 6. The molecule has 0 aromatic heterocycles. The molecule has 2 aliphatic rings. The molecule has 2 aromatic rings. The summed E-state index contributed by atoms with van der Waals surface area (Å²) in [5.74, 6) is -1.42. The zero-order chi connectivity index (χ0) is 25.7. The summed E-state index contributed by atoms with van der Waals surface area (Å²) in [4.78, 5) is 28.7. The number of anilines is 1. The van der Waals surface area contributed by atoms with Crippen LogP contribution in [0.25, 0.3) is 0 Å². The molecule has 36 heavy (non-hydrogen) atoms. The van der Waals surface area contributed by atoms with E-state index >= 15 is 0 Å². The Bertz CT molecular complexity index is 1130. The first-order valence-corrected chi connectivity index (χ1v) is 11.6. The third-order valence-corrected chi connectivity index (χ3v) is 6.46. The SMILES string of the molecule is COC(=O)N[C@H](COc1ccc(C#N)cc1)CN1C2CCC1CN(C(=O)Nc1ccc(F)c(F)c1)C2. The first-order chi connectivity index (χ1) is 17.4. The molecule has 2 aliphatic heterocycles. The molecule has 4 rings (SSSR count). The predicted octanol–water partition coefficient (Wildman–Crippen LogP) is 3.32. The van der Waals surface area contributed by atoms with Crippen LogP contribution in [0.3, 0.4) is 0 Å². The molecule has 2 unspecified atom stereocenters. The van der Waals surface area contributed by atoms with Crippen LogP contribution in [0.1, 0.15) is 18.4 Å². The first kappa shape index (κ1) is 25.2. The topological polar surface area (TPSA) is 107 Å². The number of carbonyl (C=O) groups is 2. The number of urea groups is 1. The van der Waals surface area contributed by atoms with Crippen molar-refractivity contribution < 1.29 is 27.8 Å². The Morgan fingerprint density at radius 2 is 1.81 bits per heavy atom. The molecule has 3 atom stereocenters. The maximum Gasteiger partial charge on any atom is 0.407 e. The van der Waals surface area contributed by atoms with Gasteiger partial charge in [0.25, 0.3) is 0 Å². The van der Waals surface area contributed by atoms with Crippen LogP contribution < -0.4 is 15.4 Å². The van der Waals surface area contributed by atoms with Gasteiger partial charge in [0.05, 0.1) is 24.8 Å². The van der Waals surface area contributed by atoms with Gasteiger partial charge in [-0.1, -0.05) is 0 Å². The van der Waals surface area contributed by atoms with Crippen LogP contribution in [0.4, 0.5) is 24.1 Å². The summed E-state index contributed by atoms with van der Waals surface area (Å²) >= 11 is 0. The zero-order valence-corrected chi connectivity index (χ0v) is 19.7. The summed E-state index contributed by atoms with van der Waals surface area (Å²) in [6, 6.07) is 11.4. The third-order valence-electron chi connectivity index (χ3n) is 6.46. The predicted molar refractivity (Wildman–Crippen MR) is 126 cm³/mol. The second-order valence-electron chi connectivity index (χ2n) is 8.83. The first-order valence-electron chi connectivity index (χ1n) is 11.6. The quantitative estimate of drug-likeness (QED) is 0.605. The number of benzene rings is 2. The van der Waals surface area contributed by atoms with Crippen molar-refractivity contribution in [2.75, 3.05) is 38.7 Å². The molecular formula is C25H27F2N5O4. The Labute approximate surface area is 207 Å². The normalized spacial score (nSPS) is 19.8. The molecule has 0 radical (unpaired) electrons. The molecule has 2 bridgehead atoms. The molecule has 2 aromatic carbocycles. The van der Waals surface area contributed by atoms with E-state index in [0.29, 0.717) is 30.9 Å². The van der Waals surface area contributed by atoms with Gasteiger partial charge in [-0.05, 0) is 49.2 Å². The van der Waals surface area contributed by atoms with Gasteiger partial charge in [0, 0.05) is 43.5 Å². The lowest BCUT2D eigenvalue weighted by Gasteiger charge is -2.42. The Kier molecular flexibility index (Phi) is 7.85. The van der Waals surface area contributed by atoms with Gasteiger partial charge in [-0.3, -0.25) is 4.90 Å². The Morgan fingerprint density at radius 3 is 2.42 bits per heavy atom. The highest BCUT2D eigenvalue weighted by molar-refractivity contribution is 5.89. The average Bonchev–Trinajstić information content (AvgIpc) is 3.10. The highest BCUT2D eigenvalue weighted by Gasteiger charge is 2.42. The van der Waals surface area contributed by atoms with E-state index in [4.69, 9.17) is 14.7 Å². The van der Waals surface area contributed by atoms with Gasteiger partial charge in [-0.25, -0.2) is 18.4 Å². The number of methoxy groups -OCH3 is 1. The molecule has 3 amide bonds. The van der Waals surface area contributed by atoms with Gasteiger partial charge >= 0.3 is 12.1 Å². The second-order valence-corrected chi connectivity index (χ2v) is 8.83. The van der Waals surface area contributed by atoms with Gasteiger partial charge in [0.15, 0.2) is 11.6 Å². The van der Waals surface area contributed by atoms with Crippen molar-refractivity contribution >= 4 is 17.8 Å². The van der Waals surface area contributed by atoms with Gasteiger partial charge < -0.3 is 25.0 Å². The maximum absolute atomic E-state index is 13.5. The van der Waals surface area contributed by atoms with Crippen LogP contribution in [-0.2, 0) is 4.74 Å². The number of nitriles is 1. The minimum Gasteiger partial charge on any atom is -0.491 e. The van der Waals surface area contributed by atoms with Gasteiger partial charge in [-0.15, -0.1) is 0 Å². The summed E-state index contributed by atoms with van der Waals surface area (Å²) in [5, 5.41) is 14.4. The van der Waals surface area contributed by atoms with Crippen LogP contribution in [0, 0.1) is 23.0 Å². The van der Waals surface area contributed by atoms with E-state index in [9.17, 15) is 18.4 Å². The number of likely N-dealkylation sites (tertiary alicyclic amines) is 1. The monoisotopic (exact) mass is 499 g/mol. The van der Waals surface area contributed by atoms with Crippen molar-refractivity contribution in [1.82, 2.24) is 15.1 Å². The lowest BCUT2D eigenvalue weighted by Crippen LogP contribution is -2.59. The van der Waals surface area contributed by atoms with E-state index in [-0.39, 0.29) is 36.5 Å². The van der Waals surface area contributed by atoms with Gasteiger partial charge in [-0.2, -0.15) is 5.26 Å². The second kappa shape index (κ2) is 11.2. The number of rotatable bonds is 7. The molecule has 9 nitrogen and oxygen atoms in total. The van der Waals surface area contributed by atoms with Crippen LogP contribution in [0.5, 0.6) is 5.75 Å². The van der Waals surface area contributed by atoms with E-state index in [2.05, 4.69) is 21.6 Å². The fraction of sp³-hybridized carbons (Fsp3) is 0.400. The smallest absolute Gasteiger partial charge is 0.407 e. The fourth-order valence-electron chi connectivity index (χ4n) is 4.67. The van der Waals surface area contributed by atoms with Crippen LogP contribution in [-0.4, -0.2) is 73.4 Å². The zero-order valence-electron chi connectivity index (χ0n) is 19.7. The van der Waals surface area contributed by atoms with Crippen molar-refractivity contribution in [1.29, 1.82) is 5.26 Å². The number of fused-ring (bicyclic) bond motifs is 2. The van der Waals surface area contributed by atoms with Crippen molar-refractivity contribution in [3.8, 4) is 11.8 Å². The summed E-state index contributed by atoms with van der Waals surface area (Å²) in [6.07, 6.45) is 1.21. The number of nitrogens with one attached hydrogen (secondary N) is 2. The Morgan fingerprint density at radius 1 is 1.11 bits per heavy atom. The van der Waals surface area contributed by atoms with E-state index in [1.807, 2.05) is 0 Å². The number of hydrogen-bond donors (Lipinski definition) is 2. The summed E-state index contributed by atoms with van der Waals surface area (Å²) < 4.78 is 37.3. The van der Waals surface area contributed by atoms with Crippen molar-refractivity contribution in [3.63, 3.8) is 0 Å². The van der Waals surface area contributed by atoms with Crippen LogP contribution >= 0.6 is 0 Å². The molecule has 0 spiro atoms. The summed E-state index contributed by atoms with van der Waals surface area (Å²) in [5.41, 5.74) is 0.714. The van der Waals surface area contributed by atoms with Crippen molar-refractivity contribution in [2.24, 2.45) is 0 Å². The fourth-order valence-corrected chi connectivity index (χ4v) is 4.67. The molecule has 0 saturated carbocycles. The van der Waals surface area contributed by atoms with E-state index < -0.39 is 17.7 Å². The highest BCUT2D eigenvalue weighted by atomic mass is 19.2. The summed E-state index contributed by atoms with van der Waals surface area (Å²) in [6.45, 7) is 1.62. The van der Waals surface area contributed by atoms with E-state index in [1.54, 1.807) is 29.2 Å². The molecule has 2 heterocycles. The number of ether oxygens (including phenoxy) is 2.